The minimum atomic E-state index is -0.915. The fraction of sp³-hybridized carbons (Fsp3) is 0.400. The van der Waals surface area contributed by atoms with Crippen LogP contribution in [0.15, 0.2) is 66.3 Å². The quantitative estimate of drug-likeness (QED) is 0.607. The van der Waals surface area contributed by atoms with Crippen LogP contribution in [-0.2, 0) is 4.74 Å². The first-order valence-electron chi connectivity index (χ1n) is 12.7. The van der Waals surface area contributed by atoms with Crippen LogP contribution in [-0.4, -0.2) is 61.3 Å². The second kappa shape index (κ2) is 9.25. The molecule has 0 bridgehead atoms. The Kier molecular flexibility index (Phi) is 6.25. The first-order valence-corrected chi connectivity index (χ1v) is 12.7. The Morgan fingerprint density at radius 2 is 1.53 bits per heavy atom. The largest absolute Gasteiger partial charge is 0.478 e. The molecule has 2 aliphatic heterocycles. The number of hydrogen-bond donors (Lipinski definition) is 1. The van der Waals surface area contributed by atoms with Crippen molar-refractivity contribution >= 4 is 23.1 Å². The SMILES string of the molecule is CC1(C)C(c2ccc(C(=O)O)cc2)=CC[C@]2(C)CN(C(=O)c3ccc(N4CCOCC4)cc3)CC=C12. The molecule has 1 amide bonds. The fourth-order valence-corrected chi connectivity index (χ4v) is 6.18. The molecule has 0 saturated carbocycles. The van der Waals surface area contributed by atoms with Gasteiger partial charge in [0, 0.05) is 48.3 Å². The van der Waals surface area contributed by atoms with Crippen LogP contribution in [0, 0.1) is 10.8 Å². The zero-order valence-electron chi connectivity index (χ0n) is 21.3. The Bertz CT molecular complexity index is 1220. The van der Waals surface area contributed by atoms with E-state index < -0.39 is 5.97 Å². The summed E-state index contributed by atoms with van der Waals surface area (Å²) in [7, 11) is 0. The van der Waals surface area contributed by atoms with Gasteiger partial charge < -0.3 is 19.6 Å². The maximum Gasteiger partial charge on any atom is 0.335 e. The highest BCUT2D eigenvalue weighted by atomic mass is 16.5. The van der Waals surface area contributed by atoms with Crippen LogP contribution < -0.4 is 4.90 Å². The summed E-state index contributed by atoms with van der Waals surface area (Å²) in [6.45, 7) is 11.2. The lowest BCUT2D eigenvalue weighted by molar-refractivity contribution is 0.0678. The van der Waals surface area contributed by atoms with E-state index in [4.69, 9.17) is 4.74 Å². The van der Waals surface area contributed by atoms with Crippen molar-refractivity contribution in [2.24, 2.45) is 10.8 Å². The highest BCUT2D eigenvalue weighted by molar-refractivity contribution is 5.95. The number of allylic oxidation sites excluding steroid dienone is 2. The number of benzene rings is 2. The van der Waals surface area contributed by atoms with Gasteiger partial charge in [-0.1, -0.05) is 50.6 Å². The van der Waals surface area contributed by atoms with Crippen molar-refractivity contribution < 1.29 is 19.4 Å². The molecule has 3 aliphatic rings. The Morgan fingerprint density at radius 1 is 0.889 bits per heavy atom. The van der Waals surface area contributed by atoms with Crippen molar-refractivity contribution in [3.63, 3.8) is 0 Å². The molecular weight excluding hydrogens is 452 g/mol. The number of carboxylic acids is 1. The van der Waals surface area contributed by atoms with Gasteiger partial charge in [-0.25, -0.2) is 4.79 Å². The number of carboxylic acid groups (broad SMARTS) is 1. The lowest BCUT2D eigenvalue weighted by atomic mass is 9.58. The Hall–Kier alpha value is -3.38. The third-order valence-electron chi connectivity index (χ3n) is 8.03. The van der Waals surface area contributed by atoms with E-state index in [-0.39, 0.29) is 16.7 Å². The molecule has 1 fully saturated rings. The molecule has 6 heteroatoms. The monoisotopic (exact) mass is 486 g/mol. The summed E-state index contributed by atoms with van der Waals surface area (Å²) in [4.78, 5) is 29.0. The van der Waals surface area contributed by atoms with Gasteiger partial charge in [-0.3, -0.25) is 4.79 Å². The molecule has 0 aromatic heterocycles. The van der Waals surface area contributed by atoms with E-state index in [0.717, 1.165) is 49.5 Å². The van der Waals surface area contributed by atoms with Crippen molar-refractivity contribution in [2.75, 3.05) is 44.3 Å². The number of anilines is 1. The topological polar surface area (TPSA) is 70.1 Å². The van der Waals surface area contributed by atoms with Crippen molar-refractivity contribution in [3.8, 4) is 0 Å². The smallest absolute Gasteiger partial charge is 0.335 e. The molecular formula is C30H34N2O4. The number of morpholine rings is 1. The average Bonchev–Trinajstić information content (AvgIpc) is 2.88. The number of fused-ring (bicyclic) bond motifs is 1. The Labute approximate surface area is 212 Å². The van der Waals surface area contributed by atoms with Crippen molar-refractivity contribution in [1.29, 1.82) is 0 Å². The summed E-state index contributed by atoms with van der Waals surface area (Å²) in [5.74, 6) is -0.849. The number of rotatable bonds is 4. The lowest BCUT2D eigenvalue weighted by Gasteiger charge is -2.50. The third kappa shape index (κ3) is 4.35. The maximum atomic E-state index is 13.4. The van der Waals surface area contributed by atoms with Gasteiger partial charge in [0.05, 0.1) is 18.8 Å². The zero-order chi connectivity index (χ0) is 25.5. The van der Waals surface area contributed by atoms with E-state index in [9.17, 15) is 14.7 Å². The number of carbonyl (C=O) groups excluding carboxylic acids is 1. The molecule has 1 saturated heterocycles. The predicted octanol–water partition coefficient (Wildman–Crippen LogP) is 5.12. The van der Waals surface area contributed by atoms with Gasteiger partial charge in [-0.2, -0.15) is 0 Å². The molecule has 0 unspecified atom stereocenters. The van der Waals surface area contributed by atoms with E-state index in [0.29, 0.717) is 18.7 Å². The highest BCUT2D eigenvalue weighted by Crippen LogP contribution is 2.55. The second-order valence-corrected chi connectivity index (χ2v) is 10.8. The molecule has 188 valence electrons. The van der Waals surface area contributed by atoms with E-state index in [2.05, 4.69) is 37.8 Å². The zero-order valence-corrected chi connectivity index (χ0v) is 21.3. The van der Waals surface area contributed by atoms with Crippen LogP contribution >= 0.6 is 0 Å². The number of nitrogens with zero attached hydrogens (tertiary/aromatic N) is 2. The van der Waals surface area contributed by atoms with Gasteiger partial charge in [-0.15, -0.1) is 0 Å². The van der Waals surface area contributed by atoms with Crippen molar-refractivity contribution in [1.82, 2.24) is 4.90 Å². The van der Waals surface area contributed by atoms with Crippen LogP contribution in [0.5, 0.6) is 0 Å². The Balaban J connectivity index is 1.34. The minimum Gasteiger partial charge on any atom is -0.478 e. The molecule has 0 spiro atoms. The van der Waals surface area contributed by atoms with E-state index in [1.165, 1.54) is 11.1 Å². The summed E-state index contributed by atoms with van der Waals surface area (Å²) in [6, 6.07) is 15.1. The molecule has 5 rings (SSSR count). The van der Waals surface area contributed by atoms with Gasteiger partial charge in [-0.05, 0) is 54.0 Å². The first-order chi connectivity index (χ1) is 17.2. The van der Waals surface area contributed by atoms with Crippen LogP contribution in [0.3, 0.4) is 0 Å². The highest BCUT2D eigenvalue weighted by Gasteiger charge is 2.46. The standard InChI is InChI=1S/C30H34N2O4/c1-29(2)25(21-4-6-23(7-5-21)28(34)35)12-14-30(3)20-32(15-13-26(29)30)27(33)22-8-10-24(11-9-22)31-16-18-36-19-17-31/h4-13H,14-20H2,1-3H3,(H,34,35)/t30-/m1/s1. The van der Waals surface area contributed by atoms with Crippen molar-refractivity contribution in [2.45, 2.75) is 27.2 Å². The minimum absolute atomic E-state index is 0.0666. The van der Waals surface area contributed by atoms with Gasteiger partial charge >= 0.3 is 5.97 Å². The van der Waals surface area contributed by atoms with E-state index >= 15 is 0 Å². The maximum absolute atomic E-state index is 13.4. The van der Waals surface area contributed by atoms with E-state index in [1.807, 2.05) is 41.3 Å². The lowest BCUT2D eigenvalue weighted by Crippen LogP contribution is -2.48. The molecule has 1 aliphatic carbocycles. The van der Waals surface area contributed by atoms with Gasteiger partial charge in [0.2, 0.25) is 0 Å². The van der Waals surface area contributed by atoms with Crippen LogP contribution in [0.25, 0.3) is 5.57 Å². The summed E-state index contributed by atoms with van der Waals surface area (Å²) in [5, 5.41) is 9.24. The Morgan fingerprint density at radius 3 is 2.17 bits per heavy atom. The summed E-state index contributed by atoms with van der Waals surface area (Å²) >= 11 is 0. The summed E-state index contributed by atoms with van der Waals surface area (Å²) in [5.41, 5.74) is 5.39. The van der Waals surface area contributed by atoms with Crippen molar-refractivity contribution in [3.05, 3.63) is 82.9 Å². The third-order valence-corrected chi connectivity index (χ3v) is 8.03. The number of ether oxygens (including phenoxy) is 1. The number of aromatic carboxylic acids is 1. The number of carbonyl (C=O) groups is 2. The van der Waals surface area contributed by atoms with Gasteiger partial charge in [0.25, 0.3) is 5.91 Å². The molecule has 6 nitrogen and oxygen atoms in total. The molecule has 2 heterocycles. The van der Waals surface area contributed by atoms with Crippen LogP contribution in [0.4, 0.5) is 5.69 Å². The second-order valence-electron chi connectivity index (χ2n) is 10.8. The molecule has 1 N–H and O–H groups in total. The average molecular weight is 487 g/mol. The molecule has 1 atom stereocenters. The molecule has 2 aromatic carbocycles. The summed E-state index contributed by atoms with van der Waals surface area (Å²) in [6.07, 6.45) is 5.35. The van der Waals surface area contributed by atoms with Gasteiger partial charge in [0.1, 0.15) is 0 Å². The predicted molar refractivity (Wildman–Crippen MR) is 141 cm³/mol. The molecule has 36 heavy (non-hydrogen) atoms. The molecule has 2 aromatic rings. The van der Waals surface area contributed by atoms with Gasteiger partial charge in [0.15, 0.2) is 0 Å². The fourth-order valence-electron chi connectivity index (χ4n) is 6.18. The number of hydrogen-bond acceptors (Lipinski definition) is 4. The van der Waals surface area contributed by atoms with Crippen LogP contribution in [0.2, 0.25) is 0 Å². The summed E-state index contributed by atoms with van der Waals surface area (Å²) < 4.78 is 5.44. The number of amides is 1. The van der Waals surface area contributed by atoms with Crippen LogP contribution in [0.1, 0.15) is 53.5 Å². The first kappa shape index (κ1) is 24.3. The van der Waals surface area contributed by atoms with E-state index in [1.54, 1.807) is 12.1 Å². The molecule has 0 radical (unpaired) electrons. The normalized spacial score (nSPS) is 23.4.